The van der Waals surface area contributed by atoms with Crippen molar-refractivity contribution in [3.63, 3.8) is 0 Å². The lowest BCUT2D eigenvalue weighted by molar-refractivity contribution is -0.276. The molecular weight excluding hydrogens is 310 g/mol. The Bertz CT molecular complexity index is 541. The molecule has 21 heavy (non-hydrogen) atoms. The van der Waals surface area contributed by atoms with Gasteiger partial charge in [0.05, 0.1) is 17.7 Å². The van der Waals surface area contributed by atoms with Crippen LogP contribution in [0.25, 0.3) is 0 Å². The number of halogens is 6. The third kappa shape index (κ3) is 4.77. The van der Waals surface area contributed by atoms with Gasteiger partial charge in [0.25, 0.3) is 0 Å². The third-order valence-corrected chi connectivity index (χ3v) is 2.20. The van der Waals surface area contributed by atoms with Crippen LogP contribution in [0, 0.1) is 0 Å². The lowest BCUT2D eigenvalue weighted by Crippen LogP contribution is -2.22. The molecule has 0 fully saturated rings. The molecule has 5 nitrogen and oxygen atoms in total. The molecule has 1 aromatic rings. The standard InChI is InChI=1S/C10H8F6N2O3/c11-9(12,13)5-1-4(3-17)8(21-10(14,15)16)18-6(5)2-7(19)20/h1H,2-3,17H2,(H,19,20). The molecule has 0 aromatic carbocycles. The summed E-state index contributed by atoms with van der Waals surface area (Å²) in [5.74, 6) is -2.89. The third-order valence-electron chi connectivity index (χ3n) is 2.20. The molecule has 0 bridgehead atoms. The van der Waals surface area contributed by atoms with Gasteiger partial charge in [-0.05, 0) is 6.07 Å². The minimum atomic E-state index is -5.20. The predicted molar refractivity (Wildman–Crippen MR) is 55.2 cm³/mol. The molecule has 0 radical (unpaired) electrons. The highest BCUT2D eigenvalue weighted by molar-refractivity contribution is 5.70. The Labute approximate surface area is 113 Å². The van der Waals surface area contributed by atoms with Gasteiger partial charge in [-0.15, -0.1) is 13.2 Å². The van der Waals surface area contributed by atoms with E-state index in [0.717, 1.165) is 0 Å². The topological polar surface area (TPSA) is 85.4 Å². The van der Waals surface area contributed by atoms with E-state index in [-0.39, 0.29) is 0 Å². The van der Waals surface area contributed by atoms with Crippen molar-refractivity contribution in [3.05, 3.63) is 22.9 Å². The molecule has 1 aromatic heterocycles. The largest absolute Gasteiger partial charge is 0.574 e. The van der Waals surface area contributed by atoms with Crippen LogP contribution in [0.4, 0.5) is 26.3 Å². The molecule has 1 heterocycles. The maximum Gasteiger partial charge on any atom is 0.574 e. The molecule has 0 saturated carbocycles. The van der Waals surface area contributed by atoms with Crippen LogP contribution < -0.4 is 10.5 Å². The SMILES string of the molecule is NCc1cc(C(F)(F)F)c(CC(=O)O)nc1OC(F)(F)F. The van der Waals surface area contributed by atoms with E-state index in [9.17, 15) is 31.1 Å². The van der Waals surface area contributed by atoms with Crippen LogP contribution >= 0.6 is 0 Å². The first-order valence-corrected chi connectivity index (χ1v) is 5.21. The van der Waals surface area contributed by atoms with Crippen molar-refractivity contribution in [3.8, 4) is 5.88 Å². The van der Waals surface area contributed by atoms with Gasteiger partial charge in [-0.2, -0.15) is 13.2 Å². The van der Waals surface area contributed by atoms with E-state index < -0.39 is 54.2 Å². The maximum absolute atomic E-state index is 12.7. The highest BCUT2D eigenvalue weighted by atomic mass is 19.4. The van der Waals surface area contributed by atoms with Crippen molar-refractivity contribution in [2.45, 2.75) is 25.5 Å². The zero-order valence-electron chi connectivity index (χ0n) is 10.0. The zero-order valence-corrected chi connectivity index (χ0v) is 10.0. The lowest BCUT2D eigenvalue weighted by Gasteiger charge is -2.16. The van der Waals surface area contributed by atoms with Crippen molar-refractivity contribution in [2.24, 2.45) is 5.73 Å². The Kier molecular flexibility index (Phi) is 4.66. The van der Waals surface area contributed by atoms with E-state index in [4.69, 9.17) is 10.8 Å². The fraction of sp³-hybridized carbons (Fsp3) is 0.400. The molecule has 0 aliphatic rings. The Morgan fingerprint density at radius 2 is 1.86 bits per heavy atom. The molecule has 11 heteroatoms. The van der Waals surface area contributed by atoms with E-state index in [1.54, 1.807) is 0 Å². The number of nitrogens with zero attached hydrogens (tertiary/aromatic N) is 1. The number of carboxylic acids is 1. The Morgan fingerprint density at radius 1 is 1.29 bits per heavy atom. The number of carboxylic acid groups (broad SMARTS) is 1. The fourth-order valence-electron chi connectivity index (χ4n) is 1.44. The van der Waals surface area contributed by atoms with Crippen LogP contribution in [-0.2, 0) is 23.9 Å². The van der Waals surface area contributed by atoms with Crippen LogP contribution in [-0.4, -0.2) is 22.4 Å². The summed E-state index contributed by atoms with van der Waals surface area (Å²) in [5.41, 5.74) is 1.85. The van der Waals surface area contributed by atoms with Crippen molar-refractivity contribution < 1.29 is 41.0 Å². The van der Waals surface area contributed by atoms with E-state index in [1.807, 2.05) is 0 Å². The minimum Gasteiger partial charge on any atom is -0.481 e. The molecular formula is C10H8F6N2O3. The van der Waals surface area contributed by atoms with Crippen molar-refractivity contribution in [1.29, 1.82) is 0 Å². The van der Waals surface area contributed by atoms with Gasteiger partial charge in [-0.1, -0.05) is 0 Å². The molecule has 0 spiro atoms. The van der Waals surface area contributed by atoms with Crippen LogP contribution in [0.1, 0.15) is 16.8 Å². The average molecular weight is 318 g/mol. The van der Waals surface area contributed by atoms with Gasteiger partial charge >= 0.3 is 18.5 Å². The van der Waals surface area contributed by atoms with Crippen LogP contribution in [0.5, 0.6) is 5.88 Å². The number of carbonyl (C=O) groups is 1. The zero-order chi connectivity index (χ0) is 16.4. The summed E-state index contributed by atoms with van der Waals surface area (Å²) in [6, 6.07) is 0.298. The van der Waals surface area contributed by atoms with E-state index in [0.29, 0.717) is 6.07 Å². The average Bonchev–Trinajstić information content (AvgIpc) is 2.24. The second-order valence-electron chi connectivity index (χ2n) is 3.77. The van der Waals surface area contributed by atoms with Gasteiger partial charge in [-0.25, -0.2) is 4.98 Å². The van der Waals surface area contributed by atoms with E-state index >= 15 is 0 Å². The first-order chi connectivity index (χ1) is 9.44. The smallest absolute Gasteiger partial charge is 0.481 e. The number of rotatable bonds is 4. The van der Waals surface area contributed by atoms with Crippen LogP contribution in [0.15, 0.2) is 6.07 Å². The summed E-state index contributed by atoms with van der Waals surface area (Å²) in [5, 5.41) is 8.51. The molecule has 0 atom stereocenters. The molecule has 0 saturated heterocycles. The Balaban J connectivity index is 3.44. The normalized spacial score (nSPS) is 12.3. The number of nitrogens with two attached hydrogens (primary N) is 1. The molecule has 0 aliphatic heterocycles. The summed E-state index contributed by atoms with van der Waals surface area (Å²) < 4.78 is 78.1. The molecule has 0 amide bonds. The lowest BCUT2D eigenvalue weighted by atomic mass is 10.1. The highest BCUT2D eigenvalue weighted by Gasteiger charge is 2.38. The number of hydrogen-bond acceptors (Lipinski definition) is 4. The summed E-state index contributed by atoms with van der Waals surface area (Å²) in [7, 11) is 0. The van der Waals surface area contributed by atoms with Gasteiger partial charge in [0.1, 0.15) is 0 Å². The maximum atomic E-state index is 12.7. The van der Waals surface area contributed by atoms with E-state index in [1.165, 1.54) is 0 Å². The molecule has 3 N–H and O–H groups in total. The van der Waals surface area contributed by atoms with Crippen molar-refractivity contribution >= 4 is 5.97 Å². The van der Waals surface area contributed by atoms with Gasteiger partial charge in [0, 0.05) is 12.1 Å². The summed E-state index contributed by atoms with van der Waals surface area (Å²) >= 11 is 0. The van der Waals surface area contributed by atoms with Gasteiger partial charge < -0.3 is 15.6 Å². The van der Waals surface area contributed by atoms with Gasteiger partial charge in [-0.3, -0.25) is 4.79 Å². The second kappa shape index (κ2) is 5.76. The summed E-state index contributed by atoms with van der Waals surface area (Å²) in [6.45, 7) is -0.700. The monoisotopic (exact) mass is 318 g/mol. The minimum absolute atomic E-state index is 0.298. The summed E-state index contributed by atoms with van der Waals surface area (Å²) in [4.78, 5) is 13.5. The first-order valence-electron chi connectivity index (χ1n) is 5.21. The number of pyridine rings is 1. The Morgan fingerprint density at radius 3 is 2.24 bits per heavy atom. The fourth-order valence-corrected chi connectivity index (χ4v) is 1.44. The molecule has 118 valence electrons. The van der Waals surface area contributed by atoms with Crippen LogP contribution in [0.3, 0.4) is 0 Å². The van der Waals surface area contributed by atoms with Crippen LogP contribution in [0.2, 0.25) is 0 Å². The number of hydrogen-bond donors (Lipinski definition) is 2. The number of ether oxygens (including phenoxy) is 1. The molecule has 0 aliphatic carbocycles. The second-order valence-corrected chi connectivity index (χ2v) is 3.77. The molecule has 0 unspecified atom stereocenters. The number of aromatic nitrogens is 1. The highest BCUT2D eigenvalue weighted by Crippen LogP contribution is 2.35. The van der Waals surface area contributed by atoms with Gasteiger partial charge in [0.2, 0.25) is 5.88 Å². The first kappa shape index (κ1) is 17.0. The predicted octanol–water partition coefficient (Wildman–Crippen LogP) is 2.08. The summed E-state index contributed by atoms with van der Waals surface area (Å²) in [6.07, 6.45) is -11.4. The van der Waals surface area contributed by atoms with Crippen molar-refractivity contribution in [2.75, 3.05) is 0 Å². The molecule has 1 rings (SSSR count). The number of aliphatic carboxylic acids is 1. The van der Waals surface area contributed by atoms with Crippen molar-refractivity contribution in [1.82, 2.24) is 4.98 Å². The quantitative estimate of drug-likeness (QED) is 0.830. The van der Waals surface area contributed by atoms with Gasteiger partial charge in [0.15, 0.2) is 0 Å². The number of alkyl halides is 6. The Hall–Kier alpha value is -2.04. The van der Waals surface area contributed by atoms with E-state index in [2.05, 4.69) is 9.72 Å².